The fraction of sp³-hybridized carbons (Fsp3) is 0.739. The summed E-state index contributed by atoms with van der Waals surface area (Å²) < 4.78 is 12.8. The molecule has 2 rings (SSSR count). The number of carbonyl (C=O) groups excluding carboxylic acids is 1. The van der Waals surface area contributed by atoms with Crippen LogP contribution >= 0.6 is 15.9 Å². The van der Waals surface area contributed by atoms with E-state index < -0.39 is 11.7 Å². The van der Waals surface area contributed by atoms with Crippen LogP contribution in [0.4, 0.5) is 5.69 Å². The van der Waals surface area contributed by atoms with Crippen molar-refractivity contribution in [2.24, 2.45) is 11.8 Å². The number of esters is 1. The van der Waals surface area contributed by atoms with E-state index in [9.17, 15) is 4.79 Å². The first kappa shape index (κ1) is 24.1. The third-order valence-corrected chi connectivity index (χ3v) is 5.94. The number of aryl methyl sites for hydroxylation is 2. The highest BCUT2D eigenvalue weighted by atomic mass is 79.9. The molecule has 6 heteroatoms. The Balaban J connectivity index is 2.66. The van der Waals surface area contributed by atoms with Gasteiger partial charge >= 0.3 is 5.97 Å². The molecule has 5 nitrogen and oxygen atoms in total. The van der Waals surface area contributed by atoms with Gasteiger partial charge in [0.15, 0.2) is 6.10 Å². The minimum atomic E-state index is -0.829. The molecule has 1 aromatic rings. The Kier molecular flexibility index (Phi) is 7.77. The van der Waals surface area contributed by atoms with Gasteiger partial charge in [-0.05, 0) is 82.7 Å². The first-order valence-electron chi connectivity index (χ1n) is 10.6. The summed E-state index contributed by atoms with van der Waals surface area (Å²) in [5.41, 5.74) is 3.04. The Labute approximate surface area is 184 Å². The van der Waals surface area contributed by atoms with Crippen molar-refractivity contribution in [1.82, 2.24) is 4.98 Å². The molecule has 0 radical (unpaired) electrons. The second kappa shape index (κ2) is 9.34. The van der Waals surface area contributed by atoms with Gasteiger partial charge < -0.3 is 14.4 Å². The predicted octanol–water partition coefficient (Wildman–Crippen LogP) is 5.75. The summed E-state index contributed by atoms with van der Waals surface area (Å²) in [6, 6.07) is 0. The predicted molar refractivity (Wildman–Crippen MR) is 121 cm³/mol. The van der Waals surface area contributed by atoms with Crippen LogP contribution in [0.2, 0.25) is 0 Å². The SMILES string of the molecule is Cc1nc(C)c(C(OC(C)(C)C)C(=O)OC(C)C)c(N2CC(C)CC(C)C2)c1Br. The molecule has 0 aliphatic carbocycles. The first-order chi connectivity index (χ1) is 13.3. The molecule has 2 heterocycles. The number of carbonyl (C=O) groups is 1. The smallest absolute Gasteiger partial charge is 0.340 e. The normalized spacial score (nSPS) is 21.4. The van der Waals surface area contributed by atoms with Gasteiger partial charge in [0.2, 0.25) is 0 Å². The van der Waals surface area contributed by atoms with Crippen LogP contribution in [0, 0.1) is 25.7 Å². The molecule has 1 aliphatic heterocycles. The standard InChI is InChI=1S/C23H37BrN2O3/c1-13(2)28-22(27)21(29-23(7,8)9)18-16(5)25-17(6)19(24)20(18)26-11-14(3)10-15(4)12-26/h13-15,21H,10-12H2,1-9H3. The molecular weight excluding hydrogens is 432 g/mol. The van der Waals surface area contributed by atoms with Gasteiger partial charge in [-0.2, -0.15) is 0 Å². The molecule has 3 unspecified atom stereocenters. The third-order valence-electron chi connectivity index (χ3n) is 4.99. The molecule has 0 bridgehead atoms. The van der Waals surface area contributed by atoms with E-state index in [1.165, 1.54) is 6.42 Å². The molecule has 29 heavy (non-hydrogen) atoms. The van der Waals surface area contributed by atoms with E-state index >= 15 is 0 Å². The molecule has 0 aromatic carbocycles. The molecule has 0 saturated carbocycles. The van der Waals surface area contributed by atoms with Gasteiger partial charge in [-0.25, -0.2) is 4.79 Å². The van der Waals surface area contributed by atoms with Crippen LogP contribution in [0.1, 0.15) is 77.9 Å². The second-order valence-corrected chi connectivity index (χ2v) is 10.6. The van der Waals surface area contributed by atoms with Gasteiger partial charge in [0, 0.05) is 24.3 Å². The minimum Gasteiger partial charge on any atom is -0.461 e. The summed E-state index contributed by atoms with van der Waals surface area (Å²) in [6.45, 7) is 20.0. The van der Waals surface area contributed by atoms with Crippen molar-refractivity contribution in [2.75, 3.05) is 18.0 Å². The van der Waals surface area contributed by atoms with E-state index in [0.717, 1.165) is 40.2 Å². The van der Waals surface area contributed by atoms with E-state index in [2.05, 4.69) is 34.7 Å². The van der Waals surface area contributed by atoms with E-state index in [4.69, 9.17) is 14.5 Å². The van der Waals surface area contributed by atoms with Crippen LogP contribution in [0.25, 0.3) is 0 Å². The van der Waals surface area contributed by atoms with Gasteiger partial charge in [0.25, 0.3) is 0 Å². The number of hydrogen-bond acceptors (Lipinski definition) is 5. The molecule has 3 atom stereocenters. The Hall–Kier alpha value is -1.14. The highest BCUT2D eigenvalue weighted by molar-refractivity contribution is 9.10. The van der Waals surface area contributed by atoms with Crippen molar-refractivity contribution in [3.63, 3.8) is 0 Å². The Bertz CT molecular complexity index is 733. The van der Waals surface area contributed by atoms with Crippen LogP contribution < -0.4 is 4.90 Å². The van der Waals surface area contributed by atoms with Crippen molar-refractivity contribution in [3.8, 4) is 0 Å². The molecule has 164 valence electrons. The van der Waals surface area contributed by atoms with Crippen molar-refractivity contribution in [2.45, 2.75) is 86.5 Å². The van der Waals surface area contributed by atoms with Crippen LogP contribution in [-0.2, 0) is 14.3 Å². The van der Waals surface area contributed by atoms with E-state index in [0.29, 0.717) is 11.8 Å². The molecule has 0 spiro atoms. The molecule has 0 amide bonds. The summed E-state index contributed by atoms with van der Waals surface area (Å²) >= 11 is 3.78. The Morgan fingerprint density at radius 3 is 2.17 bits per heavy atom. The fourth-order valence-electron chi connectivity index (χ4n) is 4.16. The van der Waals surface area contributed by atoms with Crippen molar-refractivity contribution >= 4 is 27.6 Å². The zero-order valence-corrected chi connectivity index (χ0v) is 21.0. The van der Waals surface area contributed by atoms with Gasteiger partial charge in [-0.3, -0.25) is 4.98 Å². The average molecular weight is 469 g/mol. The lowest BCUT2D eigenvalue weighted by atomic mass is 9.90. The van der Waals surface area contributed by atoms with E-state index in [-0.39, 0.29) is 12.1 Å². The second-order valence-electron chi connectivity index (χ2n) is 9.81. The maximum atomic E-state index is 13.1. The Morgan fingerprint density at radius 2 is 1.69 bits per heavy atom. The summed E-state index contributed by atoms with van der Waals surface area (Å²) in [5.74, 6) is 0.795. The molecule has 1 aliphatic rings. The highest BCUT2D eigenvalue weighted by Crippen LogP contribution is 2.42. The van der Waals surface area contributed by atoms with Crippen LogP contribution in [0.15, 0.2) is 4.47 Å². The highest BCUT2D eigenvalue weighted by Gasteiger charge is 2.36. The van der Waals surface area contributed by atoms with Crippen LogP contribution in [-0.4, -0.2) is 35.7 Å². The first-order valence-corrected chi connectivity index (χ1v) is 11.4. The van der Waals surface area contributed by atoms with E-state index in [1.54, 1.807) is 0 Å². The van der Waals surface area contributed by atoms with Crippen molar-refractivity contribution in [3.05, 3.63) is 21.4 Å². The number of aromatic nitrogens is 1. The minimum absolute atomic E-state index is 0.214. The van der Waals surface area contributed by atoms with Gasteiger partial charge in [0.05, 0.1) is 27.6 Å². The average Bonchev–Trinajstić information content (AvgIpc) is 2.53. The number of pyridine rings is 1. The quantitative estimate of drug-likeness (QED) is 0.514. The van der Waals surface area contributed by atoms with E-state index in [1.807, 2.05) is 48.5 Å². The van der Waals surface area contributed by atoms with Gasteiger partial charge in [-0.15, -0.1) is 0 Å². The number of halogens is 1. The lowest BCUT2D eigenvalue weighted by Gasteiger charge is -2.40. The number of ether oxygens (including phenoxy) is 2. The van der Waals surface area contributed by atoms with Gasteiger partial charge in [0.1, 0.15) is 0 Å². The van der Waals surface area contributed by atoms with Crippen molar-refractivity contribution < 1.29 is 14.3 Å². The van der Waals surface area contributed by atoms with Crippen LogP contribution in [0.3, 0.4) is 0 Å². The van der Waals surface area contributed by atoms with Crippen LogP contribution in [0.5, 0.6) is 0 Å². The summed E-state index contributed by atoms with van der Waals surface area (Å²) in [4.78, 5) is 20.2. The lowest BCUT2D eigenvalue weighted by Crippen LogP contribution is -2.41. The maximum absolute atomic E-state index is 13.1. The molecule has 0 N–H and O–H groups in total. The monoisotopic (exact) mass is 468 g/mol. The number of anilines is 1. The molecular formula is C23H37BrN2O3. The zero-order chi connectivity index (χ0) is 22.1. The number of piperidine rings is 1. The largest absolute Gasteiger partial charge is 0.461 e. The lowest BCUT2D eigenvalue weighted by molar-refractivity contribution is -0.171. The zero-order valence-electron chi connectivity index (χ0n) is 19.4. The Morgan fingerprint density at radius 1 is 1.14 bits per heavy atom. The fourth-order valence-corrected chi connectivity index (χ4v) is 4.72. The summed E-state index contributed by atoms with van der Waals surface area (Å²) in [7, 11) is 0. The third kappa shape index (κ3) is 6.17. The summed E-state index contributed by atoms with van der Waals surface area (Å²) in [6.07, 6.45) is 0.169. The maximum Gasteiger partial charge on any atom is 0.340 e. The number of hydrogen-bond donors (Lipinski definition) is 0. The molecule has 1 fully saturated rings. The number of nitrogens with zero attached hydrogens (tertiary/aromatic N) is 2. The van der Waals surface area contributed by atoms with Gasteiger partial charge in [-0.1, -0.05) is 13.8 Å². The molecule has 1 saturated heterocycles. The van der Waals surface area contributed by atoms with Crippen molar-refractivity contribution in [1.29, 1.82) is 0 Å². The topological polar surface area (TPSA) is 51.7 Å². The molecule has 1 aromatic heterocycles. The number of rotatable bonds is 5. The summed E-state index contributed by atoms with van der Waals surface area (Å²) in [5, 5.41) is 0.